The van der Waals surface area contributed by atoms with E-state index < -0.39 is 17.7 Å². The first-order chi connectivity index (χ1) is 6.98. The molecule has 78 valence electrons. The summed E-state index contributed by atoms with van der Waals surface area (Å²) in [5.74, 6) is -1.89. The summed E-state index contributed by atoms with van der Waals surface area (Å²) in [4.78, 5) is 17.0. The Bertz CT molecular complexity index is 482. The minimum absolute atomic E-state index is 0.338. The topological polar surface area (TPSA) is 45.8 Å². The largest absolute Gasteiger partial charge is 0.456 e. The van der Waals surface area contributed by atoms with E-state index in [1.54, 1.807) is 12.1 Å². The number of Topliss-reactive ketones (excluding diaryl/α,β-unsaturated/α-hetero) is 1. The van der Waals surface area contributed by atoms with Crippen molar-refractivity contribution < 1.29 is 18.0 Å². The molecular formula is C9H5F3N2O. The van der Waals surface area contributed by atoms with E-state index in [1.165, 1.54) is 6.20 Å². The third kappa shape index (κ3) is 1.70. The molecule has 2 rings (SSSR count). The fourth-order valence-electron chi connectivity index (χ4n) is 1.23. The van der Waals surface area contributed by atoms with E-state index >= 15 is 0 Å². The maximum atomic E-state index is 12.1. The average Bonchev–Trinajstić information content (AvgIpc) is 2.58. The number of aromatic amines is 1. The molecule has 0 aromatic carbocycles. The Hall–Kier alpha value is -1.85. The van der Waals surface area contributed by atoms with Gasteiger partial charge in [-0.05, 0) is 18.2 Å². The maximum absolute atomic E-state index is 12.1. The SMILES string of the molecule is O=C(c1cc2ncccc2[nH]1)C(F)(F)F. The van der Waals surface area contributed by atoms with Crippen LogP contribution in [0.3, 0.4) is 0 Å². The van der Waals surface area contributed by atoms with E-state index in [1.807, 2.05) is 0 Å². The molecule has 2 aromatic heterocycles. The van der Waals surface area contributed by atoms with E-state index in [0.717, 1.165) is 6.07 Å². The molecule has 0 atom stereocenters. The highest BCUT2D eigenvalue weighted by atomic mass is 19.4. The van der Waals surface area contributed by atoms with Gasteiger partial charge in [0, 0.05) is 6.20 Å². The van der Waals surface area contributed by atoms with Crippen LogP contribution >= 0.6 is 0 Å². The molecule has 0 fully saturated rings. The summed E-state index contributed by atoms with van der Waals surface area (Å²) in [6.45, 7) is 0. The number of fused-ring (bicyclic) bond motifs is 1. The number of rotatable bonds is 1. The fraction of sp³-hybridized carbons (Fsp3) is 0.111. The van der Waals surface area contributed by atoms with Crippen LogP contribution in [0.4, 0.5) is 13.2 Å². The zero-order valence-corrected chi connectivity index (χ0v) is 7.30. The number of hydrogen-bond donors (Lipinski definition) is 1. The van der Waals surface area contributed by atoms with Crippen LogP contribution in [0.5, 0.6) is 0 Å². The van der Waals surface area contributed by atoms with E-state index in [0.29, 0.717) is 11.0 Å². The number of pyridine rings is 1. The van der Waals surface area contributed by atoms with Gasteiger partial charge in [-0.3, -0.25) is 9.78 Å². The second-order valence-electron chi connectivity index (χ2n) is 2.95. The van der Waals surface area contributed by atoms with Crippen LogP contribution in [0.1, 0.15) is 10.5 Å². The van der Waals surface area contributed by atoms with Crippen molar-refractivity contribution in [1.29, 1.82) is 0 Å². The Morgan fingerprint density at radius 3 is 2.73 bits per heavy atom. The number of H-pyrrole nitrogens is 1. The van der Waals surface area contributed by atoms with Gasteiger partial charge in [0.05, 0.1) is 16.7 Å². The lowest BCUT2D eigenvalue weighted by atomic mass is 10.3. The summed E-state index contributed by atoms with van der Waals surface area (Å²) in [6.07, 6.45) is -3.42. The van der Waals surface area contributed by atoms with Crippen molar-refractivity contribution >= 4 is 16.8 Å². The summed E-state index contributed by atoms with van der Waals surface area (Å²) in [6, 6.07) is 4.21. The number of aromatic nitrogens is 2. The second kappa shape index (κ2) is 3.08. The van der Waals surface area contributed by atoms with Crippen LogP contribution in [-0.4, -0.2) is 21.9 Å². The summed E-state index contributed by atoms with van der Waals surface area (Å²) in [5, 5.41) is 0. The Balaban J connectivity index is 2.50. The second-order valence-corrected chi connectivity index (χ2v) is 2.95. The van der Waals surface area contributed by atoms with Crippen LogP contribution < -0.4 is 0 Å². The normalized spacial score (nSPS) is 11.9. The summed E-state index contributed by atoms with van der Waals surface area (Å²) in [5.41, 5.74) is 0.256. The third-order valence-corrected chi connectivity index (χ3v) is 1.89. The number of halogens is 3. The molecule has 2 aromatic rings. The number of hydrogen-bond acceptors (Lipinski definition) is 2. The monoisotopic (exact) mass is 214 g/mol. The van der Waals surface area contributed by atoms with Crippen LogP contribution in [-0.2, 0) is 0 Å². The molecule has 2 heterocycles. The van der Waals surface area contributed by atoms with Crippen LogP contribution in [0.15, 0.2) is 24.4 Å². The molecule has 0 aliphatic heterocycles. The number of carbonyl (C=O) groups is 1. The third-order valence-electron chi connectivity index (χ3n) is 1.89. The molecule has 0 aliphatic carbocycles. The first-order valence-corrected chi connectivity index (χ1v) is 4.04. The number of alkyl halides is 3. The highest BCUT2D eigenvalue weighted by molar-refractivity contribution is 6.01. The summed E-state index contributed by atoms with van der Waals surface area (Å²) in [7, 11) is 0. The van der Waals surface area contributed by atoms with Crippen molar-refractivity contribution in [2.24, 2.45) is 0 Å². The molecule has 15 heavy (non-hydrogen) atoms. The van der Waals surface area contributed by atoms with E-state index in [-0.39, 0.29) is 0 Å². The molecule has 6 heteroatoms. The van der Waals surface area contributed by atoms with Crippen molar-refractivity contribution in [3.8, 4) is 0 Å². The van der Waals surface area contributed by atoms with Crippen LogP contribution in [0, 0.1) is 0 Å². The van der Waals surface area contributed by atoms with Gasteiger partial charge in [-0.1, -0.05) is 0 Å². The zero-order chi connectivity index (χ0) is 11.1. The number of carbonyl (C=O) groups excluding carboxylic acids is 1. The Morgan fingerprint density at radius 2 is 2.13 bits per heavy atom. The molecule has 0 saturated heterocycles. The lowest BCUT2D eigenvalue weighted by Gasteiger charge is -2.01. The van der Waals surface area contributed by atoms with Gasteiger partial charge in [-0.25, -0.2) is 0 Å². The summed E-state index contributed by atoms with van der Waals surface area (Å²) >= 11 is 0. The number of nitrogens with one attached hydrogen (secondary N) is 1. The lowest BCUT2D eigenvalue weighted by molar-refractivity contribution is -0.0887. The molecule has 0 aliphatic rings. The zero-order valence-electron chi connectivity index (χ0n) is 7.30. The van der Waals surface area contributed by atoms with E-state index in [2.05, 4.69) is 9.97 Å². The van der Waals surface area contributed by atoms with Gasteiger partial charge in [0.1, 0.15) is 0 Å². The molecule has 0 bridgehead atoms. The number of nitrogens with zero attached hydrogens (tertiary/aromatic N) is 1. The van der Waals surface area contributed by atoms with Gasteiger partial charge in [0.2, 0.25) is 0 Å². The lowest BCUT2D eigenvalue weighted by Crippen LogP contribution is -2.22. The molecular weight excluding hydrogens is 209 g/mol. The van der Waals surface area contributed by atoms with Crippen LogP contribution in [0.2, 0.25) is 0 Å². The van der Waals surface area contributed by atoms with Crippen molar-refractivity contribution in [3.63, 3.8) is 0 Å². The van der Waals surface area contributed by atoms with Gasteiger partial charge in [-0.2, -0.15) is 13.2 Å². The van der Waals surface area contributed by atoms with Gasteiger partial charge in [-0.15, -0.1) is 0 Å². The summed E-state index contributed by atoms with van der Waals surface area (Å²) < 4.78 is 36.2. The van der Waals surface area contributed by atoms with E-state index in [4.69, 9.17) is 0 Å². The fourth-order valence-corrected chi connectivity index (χ4v) is 1.23. The van der Waals surface area contributed by atoms with Gasteiger partial charge in [0.25, 0.3) is 5.78 Å². The van der Waals surface area contributed by atoms with Gasteiger partial charge < -0.3 is 4.98 Å². The average molecular weight is 214 g/mol. The Morgan fingerprint density at radius 1 is 1.40 bits per heavy atom. The van der Waals surface area contributed by atoms with Gasteiger partial charge in [0.15, 0.2) is 0 Å². The minimum atomic E-state index is -4.86. The van der Waals surface area contributed by atoms with Crippen LogP contribution in [0.25, 0.3) is 11.0 Å². The molecule has 0 unspecified atom stereocenters. The smallest absolute Gasteiger partial charge is 0.351 e. The molecule has 1 N–H and O–H groups in total. The molecule has 3 nitrogen and oxygen atoms in total. The van der Waals surface area contributed by atoms with Crippen molar-refractivity contribution in [3.05, 3.63) is 30.1 Å². The highest BCUT2D eigenvalue weighted by Gasteiger charge is 2.40. The van der Waals surface area contributed by atoms with Crippen molar-refractivity contribution in [2.45, 2.75) is 6.18 Å². The molecule has 0 saturated carbocycles. The predicted molar refractivity (Wildman–Crippen MR) is 46.5 cm³/mol. The van der Waals surface area contributed by atoms with Crippen molar-refractivity contribution in [2.75, 3.05) is 0 Å². The highest BCUT2D eigenvalue weighted by Crippen LogP contribution is 2.22. The van der Waals surface area contributed by atoms with Gasteiger partial charge >= 0.3 is 6.18 Å². The van der Waals surface area contributed by atoms with Crippen molar-refractivity contribution in [1.82, 2.24) is 9.97 Å². The number of ketones is 1. The minimum Gasteiger partial charge on any atom is -0.351 e. The maximum Gasteiger partial charge on any atom is 0.456 e. The Kier molecular flexibility index (Phi) is 1.99. The van der Waals surface area contributed by atoms with E-state index in [9.17, 15) is 18.0 Å². The standard InChI is InChI=1S/C9H5F3N2O/c10-9(11,12)8(15)7-4-6-5(14-7)2-1-3-13-6/h1-4,14H. The molecule has 0 radical (unpaired) electrons. The Labute approximate surface area is 81.9 Å². The first kappa shape index (κ1) is 9.70. The molecule has 0 amide bonds. The predicted octanol–water partition coefficient (Wildman–Crippen LogP) is 2.31. The molecule has 0 spiro atoms. The quantitative estimate of drug-likeness (QED) is 0.740. The first-order valence-electron chi connectivity index (χ1n) is 4.04.